The van der Waals surface area contributed by atoms with Gasteiger partial charge in [-0.1, -0.05) is 6.08 Å². The number of nitrogens with zero attached hydrogens (tertiary/aromatic N) is 2. The van der Waals surface area contributed by atoms with Crippen LogP contribution in [0, 0.1) is 12.3 Å². The Morgan fingerprint density at radius 3 is 2.76 bits per heavy atom. The van der Waals surface area contributed by atoms with E-state index in [1.807, 2.05) is 27.0 Å². The van der Waals surface area contributed by atoms with E-state index >= 15 is 0 Å². The van der Waals surface area contributed by atoms with E-state index in [0.29, 0.717) is 13.0 Å². The van der Waals surface area contributed by atoms with Crippen molar-refractivity contribution in [2.45, 2.75) is 27.2 Å². The highest BCUT2D eigenvalue weighted by atomic mass is 16.5. The lowest BCUT2D eigenvalue weighted by Crippen LogP contribution is -2.30. The highest BCUT2D eigenvalue weighted by Crippen LogP contribution is 2.25. The average Bonchev–Trinajstić information content (AvgIpc) is 2.57. The predicted molar refractivity (Wildman–Crippen MR) is 66.6 cm³/mol. The Labute approximate surface area is 102 Å². The Hall–Kier alpha value is -1.58. The molecular formula is C13H20N2O2. The van der Waals surface area contributed by atoms with Gasteiger partial charge in [0.15, 0.2) is 0 Å². The molecule has 0 radical (unpaired) electrons. The summed E-state index contributed by atoms with van der Waals surface area (Å²) in [5.74, 6) is -0.242. The van der Waals surface area contributed by atoms with E-state index in [0.717, 1.165) is 11.4 Å². The molecule has 0 aliphatic rings. The van der Waals surface area contributed by atoms with Crippen LogP contribution in [-0.4, -0.2) is 22.4 Å². The fraction of sp³-hybridized carbons (Fsp3) is 0.538. The molecule has 1 aromatic heterocycles. The summed E-state index contributed by atoms with van der Waals surface area (Å²) in [6, 6.07) is 1.97. The third kappa shape index (κ3) is 2.96. The zero-order chi connectivity index (χ0) is 13.1. The Morgan fingerprint density at radius 1 is 1.71 bits per heavy atom. The number of carbonyl (C=O) groups is 1. The molecule has 0 saturated carbocycles. The van der Waals surface area contributed by atoms with Gasteiger partial charge in [-0.05, 0) is 26.8 Å². The van der Waals surface area contributed by atoms with Gasteiger partial charge < -0.3 is 4.74 Å². The van der Waals surface area contributed by atoms with Gasteiger partial charge in [-0.3, -0.25) is 9.48 Å². The lowest BCUT2D eigenvalue weighted by atomic mass is 9.85. The van der Waals surface area contributed by atoms with Gasteiger partial charge in [0.1, 0.15) is 0 Å². The fourth-order valence-corrected chi connectivity index (χ4v) is 1.73. The molecule has 4 nitrogen and oxygen atoms in total. The summed E-state index contributed by atoms with van der Waals surface area (Å²) >= 11 is 0. The van der Waals surface area contributed by atoms with Crippen molar-refractivity contribution in [2.75, 3.05) is 6.61 Å². The maximum Gasteiger partial charge on any atom is 0.316 e. The standard InChI is InChI=1S/C13H20N2O2/c1-6-13(4,12(16)17-7-2)9-11-8-10(3)14-15(11)5/h6,8H,1,7,9H2,2-5H3. The van der Waals surface area contributed by atoms with Gasteiger partial charge in [0.05, 0.1) is 17.7 Å². The second kappa shape index (κ2) is 5.17. The molecule has 0 bridgehead atoms. The average molecular weight is 236 g/mol. The van der Waals surface area contributed by atoms with Crippen molar-refractivity contribution in [1.82, 2.24) is 9.78 Å². The van der Waals surface area contributed by atoms with Crippen LogP contribution in [0.1, 0.15) is 25.2 Å². The summed E-state index contributed by atoms with van der Waals surface area (Å²) in [6.07, 6.45) is 2.19. The van der Waals surface area contributed by atoms with Crippen molar-refractivity contribution < 1.29 is 9.53 Å². The van der Waals surface area contributed by atoms with Crippen LogP contribution in [0.25, 0.3) is 0 Å². The summed E-state index contributed by atoms with van der Waals surface area (Å²) in [4.78, 5) is 11.9. The summed E-state index contributed by atoms with van der Waals surface area (Å²) in [5, 5.41) is 4.27. The molecule has 1 unspecified atom stereocenters. The number of hydrogen-bond donors (Lipinski definition) is 0. The van der Waals surface area contributed by atoms with Crippen LogP contribution in [0.15, 0.2) is 18.7 Å². The first-order chi connectivity index (χ1) is 7.92. The second-order valence-electron chi connectivity index (χ2n) is 4.42. The van der Waals surface area contributed by atoms with Crippen molar-refractivity contribution >= 4 is 5.97 Å². The molecular weight excluding hydrogens is 216 g/mol. The molecule has 0 aromatic carbocycles. The monoisotopic (exact) mass is 236 g/mol. The molecule has 0 amide bonds. The van der Waals surface area contributed by atoms with Crippen LogP contribution in [0.5, 0.6) is 0 Å². The van der Waals surface area contributed by atoms with Crippen LogP contribution in [0.3, 0.4) is 0 Å². The van der Waals surface area contributed by atoms with Gasteiger partial charge in [0, 0.05) is 19.2 Å². The Morgan fingerprint density at radius 2 is 2.35 bits per heavy atom. The minimum absolute atomic E-state index is 0.242. The topological polar surface area (TPSA) is 44.1 Å². The SMILES string of the molecule is C=CC(C)(Cc1cc(C)nn1C)C(=O)OCC. The van der Waals surface area contributed by atoms with Crippen LogP contribution in [-0.2, 0) is 23.0 Å². The first kappa shape index (κ1) is 13.5. The van der Waals surface area contributed by atoms with Crippen molar-refractivity contribution in [2.24, 2.45) is 12.5 Å². The van der Waals surface area contributed by atoms with Crippen LogP contribution in [0.4, 0.5) is 0 Å². The third-order valence-corrected chi connectivity index (χ3v) is 2.84. The van der Waals surface area contributed by atoms with Gasteiger partial charge in [-0.2, -0.15) is 5.10 Å². The third-order valence-electron chi connectivity index (χ3n) is 2.84. The van der Waals surface area contributed by atoms with E-state index in [1.165, 1.54) is 0 Å². The highest BCUT2D eigenvalue weighted by Gasteiger charge is 2.32. The minimum Gasteiger partial charge on any atom is -0.465 e. The fourth-order valence-electron chi connectivity index (χ4n) is 1.73. The number of ether oxygens (including phenoxy) is 1. The number of esters is 1. The molecule has 1 aromatic rings. The molecule has 0 aliphatic heterocycles. The van der Waals surface area contributed by atoms with E-state index in [1.54, 1.807) is 17.7 Å². The zero-order valence-electron chi connectivity index (χ0n) is 11.0. The molecule has 0 fully saturated rings. The van der Waals surface area contributed by atoms with Gasteiger partial charge in [0.25, 0.3) is 0 Å². The Balaban J connectivity index is 2.92. The van der Waals surface area contributed by atoms with Gasteiger partial charge in [0.2, 0.25) is 0 Å². The summed E-state index contributed by atoms with van der Waals surface area (Å²) in [5.41, 5.74) is 1.24. The van der Waals surface area contributed by atoms with Gasteiger partial charge in [-0.15, -0.1) is 6.58 Å². The van der Waals surface area contributed by atoms with E-state index in [9.17, 15) is 4.79 Å². The van der Waals surface area contributed by atoms with Crippen molar-refractivity contribution in [1.29, 1.82) is 0 Å². The molecule has 0 saturated heterocycles. The molecule has 0 spiro atoms. The predicted octanol–water partition coefficient (Wildman–Crippen LogP) is 2.03. The maximum atomic E-state index is 11.9. The smallest absolute Gasteiger partial charge is 0.316 e. The number of aromatic nitrogens is 2. The van der Waals surface area contributed by atoms with E-state index in [4.69, 9.17) is 4.74 Å². The van der Waals surface area contributed by atoms with Crippen molar-refractivity contribution in [3.63, 3.8) is 0 Å². The second-order valence-corrected chi connectivity index (χ2v) is 4.42. The number of carbonyl (C=O) groups excluding carboxylic acids is 1. The first-order valence-corrected chi connectivity index (χ1v) is 5.73. The van der Waals surface area contributed by atoms with Crippen LogP contribution >= 0.6 is 0 Å². The molecule has 17 heavy (non-hydrogen) atoms. The van der Waals surface area contributed by atoms with Crippen molar-refractivity contribution in [3.05, 3.63) is 30.1 Å². The van der Waals surface area contributed by atoms with Crippen LogP contribution in [0.2, 0.25) is 0 Å². The summed E-state index contributed by atoms with van der Waals surface area (Å²) in [6.45, 7) is 9.68. The lowest BCUT2D eigenvalue weighted by Gasteiger charge is -2.23. The van der Waals surface area contributed by atoms with E-state index < -0.39 is 5.41 Å². The van der Waals surface area contributed by atoms with Crippen LogP contribution < -0.4 is 0 Å². The Kier molecular flexibility index (Phi) is 4.10. The molecule has 1 atom stereocenters. The first-order valence-electron chi connectivity index (χ1n) is 5.73. The van der Waals surface area contributed by atoms with E-state index in [2.05, 4.69) is 11.7 Å². The zero-order valence-corrected chi connectivity index (χ0v) is 11.0. The maximum absolute atomic E-state index is 11.9. The van der Waals surface area contributed by atoms with Gasteiger partial charge in [-0.25, -0.2) is 0 Å². The quantitative estimate of drug-likeness (QED) is 0.580. The number of aryl methyl sites for hydroxylation is 2. The largest absolute Gasteiger partial charge is 0.465 e. The van der Waals surface area contributed by atoms with E-state index in [-0.39, 0.29) is 5.97 Å². The minimum atomic E-state index is -0.698. The van der Waals surface area contributed by atoms with Gasteiger partial charge >= 0.3 is 5.97 Å². The number of rotatable bonds is 5. The molecule has 4 heteroatoms. The molecule has 1 rings (SSSR count). The normalized spacial score (nSPS) is 14.1. The van der Waals surface area contributed by atoms with Crippen molar-refractivity contribution in [3.8, 4) is 0 Å². The molecule has 94 valence electrons. The lowest BCUT2D eigenvalue weighted by molar-refractivity contribution is -0.151. The molecule has 0 N–H and O–H groups in total. The molecule has 1 heterocycles. The molecule has 0 aliphatic carbocycles. The summed E-state index contributed by atoms with van der Waals surface area (Å²) < 4.78 is 6.86. The highest BCUT2D eigenvalue weighted by molar-refractivity contribution is 5.78. The Bertz CT molecular complexity index is 423. The summed E-state index contributed by atoms with van der Waals surface area (Å²) in [7, 11) is 1.87. The number of hydrogen-bond acceptors (Lipinski definition) is 3.